The lowest BCUT2D eigenvalue weighted by molar-refractivity contribution is -0.149. The van der Waals surface area contributed by atoms with E-state index in [1.807, 2.05) is 0 Å². The smallest absolute Gasteiger partial charge is 0.342 e. The summed E-state index contributed by atoms with van der Waals surface area (Å²) >= 11 is 5.61. The third-order valence-corrected chi connectivity index (χ3v) is 1.84. The molecule has 1 aromatic carbocycles. The van der Waals surface area contributed by atoms with Gasteiger partial charge in [-0.25, -0.2) is 9.59 Å². The standard InChI is InChI=1S/C9H7ClN2O4/c10-5-1-3-6(4-2-5)11-12-7(8(13)14)9(15)16/h1-4,7H,(H,13,14)(H,15,16). The van der Waals surface area contributed by atoms with Gasteiger partial charge in [0.05, 0.1) is 5.69 Å². The van der Waals surface area contributed by atoms with Gasteiger partial charge in [0.2, 0.25) is 0 Å². The molecule has 0 aliphatic rings. The fourth-order valence-corrected chi connectivity index (χ4v) is 0.963. The zero-order valence-electron chi connectivity index (χ0n) is 7.87. The molecule has 0 saturated heterocycles. The Morgan fingerprint density at radius 2 is 1.62 bits per heavy atom. The normalized spacial score (nSPS) is 10.9. The fourth-order valence-electron chi connectivity index (χ4n) is 0.837. The first-order chi connectivity index (χ1) is 7.50. The van der Waals surface area contributed by atoms with E-state index in [4.69, 9.17) is 21.8 Å². The van der Waals surface area contributed by atoms with Gasteiger partial charge in [0.25, 0.3) is 6.04 Å². The van der Waals surface area contributed by atoms with E-state index in [1.54, 1.807) is 0 Å². The molecule has 2 N–H and O–H groups in total. The highest BCUT2D eigenvalue weighted by Gasteiger charge is 2.25. The van der Waals surface area contributed by atoms with Crippen LogP contribution < -0.4 is 0 Å². The number of carboxylic acids is 2. The Kier molecular flexibility index (Phi) is 3.96. The second kappa shape index (κ2) is 5.22. The summed E-state index contributed by atoms with van der Waals surface area (Å²) in [4.78, 5) is 20.9. The Balaban J connectivity index is 2.82. The van der Waals surface area contributed by atoms with E-state index in [-0.39, 0.29) is 0 Å². The van der Waals surface area contributed by atoms with Crippen molar-refractivity contribution in [2.75, 3.05) is 0 Å². The lowest BCUT2D eigenvalue weighted by Crippen LogP contribution is -2.27. The van der Waals surface area contributed by atoms with Gasteiger partial charge < -0.3 is 10.2 Å². The Hall–Kier alpha value is -1.95. The molecule has 0 radical (unpaired) electrons. The molecule has 0 aliphatic carbocycles. The lowest BCUT2D eigenvalue weighted by Gasteiger charge is -1.98. The highest BCUT2D eigenvalue weighted by molar-refractivity contribution is 6.30. The number of hydrogen-bond acceptors (Lipinski definition) is 4. The van der Waals surface area contributed by atoms with Gasteiger partial charge in [-0.15, -0.1) is 0 Å². The zero-order valence-corrected chi connectivity index (χ0v) is 8.63. The van der Waals surface area contributed by atoms with E-state index in [9.17, 15) is 9.59 Å². The first kappa shape index (κ1) is 12.1. The highest BCUT2D eigenvalue weighted by atomic mass is 35.5. The number of benzene rings is 1. The minimum absolute atomic E-state index is 0.330. The Morgan fingerprint density at radius 3 is 2.06 bits per heavy atom. The molecule has 0 bridgehead atoms. The molecule has 1 rings (SSSR count). The third kappa shape index (κ3) is 3.32. The summed E-state index contributed by atoms with van der Waals surface area (Å²) in [5, 5.41) is 24.2. The Labute approximate surface area is 95.2 Å². The Bertz CT molecular complexity index is 416. The maximum Gasteiger partial charge on any atom is 0.342 e. The van der Waals surface area contributed by atoms with Gasteiger partial charge in [0.15, 0.2) is 0 Å². The van der Waals surface area contributed by atoms with Crippen molar-refractivity contribution in [3.8, 4) is 0 Å². The van der Waals surface area contributed by atoms with Gasteiger partial charge in [-0.3, -0.25) is 0 Å². The molecule has 7 heteroatoms. The predicted octanol–water partition coefficient (Wildman–Crippen LogP) is 1.96. The average Bonchev–Trinajstić information content (AvgIpc) is 2.20. The van der Waals surface area contributed by atoms with Crippen molar-refractivity contribution in [1.29, 1.82) is 0 Å². The fraction of sp³-hybridized carbons (Fsp3) is 0.111. The van der Waals surface area contributed by atoms with Gasteiger partial charge in [-0.2, -0.15) is 10.2 Å². The number of aliphatic carboxylic acids is 2. The topological polar surface area (TPSA) is 99.3 Å². The van der Waals surface area contributed by atoms with E-state index in [0.29, 0.717) is 10.7 Å². The summed E-state index contributed by atoms with van der Waals surface area (Å²) in [6.45, 7) is 0. The second-order valence-electron chi connectivity index (χ2n) is 2.77. The quantitative estimate of drug-likeness (QED) is 0.623. The van der Waals surface area contributed by atoms with Crippen LogP contribution in [0.4, 0.5) is 5.69 Å². The minimum atomic E-state index is -1.89. The maximum absolute atomic E-state index is 10.5. The number of nitrogens with zero attached hydrogens (tertiary/aromatic N) is 2. The molecule has 0 amide bonds. The molecular formula is C9H7ClN2O4. The first-order valence-corrected chi connectivity index (χ1v) is 4.50. The van der Waals surface area contributed by atoms with E-state index in [0.717, 1.165) is 0 Å². The van der Waals surface area contributed by atoms with Gasteiger partial charge in [0, 0.05) is 5.02 Å². The van der Waals surface area contributed by atoms with Crippen LogP contribution in [0.1, 0.15) is 0 Å². The van der Waals surface area contributed by atoms with Crippen LogP contribution in [-0.4, -0.2) is 28.2 Å². The first-order valence-electron chi connectivity index (χ1n) is 4.12. The van der Waals surface area contributed by atoms with E-state index < -0.39 is 18.0 Å². The van der Waals surface area contributed by atoms with Crippen LogP contribution in [0.25, 0.3) is 0 Å². The summed E-state index contributed by atoms with van der Waals surface area (Å²) in [7, 11) is 0. The maximum atomic E-state index is 10.5. The van der Waals surface area contributed by atoms with Crippen molar-refractivity contribution in [3.05, 3.63) is 29.3 Å². The summed E-state index contributed by atoms with van der Waals surface area (Å²) in [5.41, 5.74) is 0.330. The summed E-state index contributed by atoms with van der Waals surface area (Å²) in [5.74, 6) is -3.13. The number of rotatable bonds is 4. The summed E-state index contributed by atoms with van der Waals surface area (Å²) in [6, 6.07) is 4.16. The summed E-state index contributed by atoms with van der Waals surface area (Å²) in [6.07, 6.45) is 0. The van der Waals surface area contributed by atoms with Gasteiger partial charge in [-0.1, -0.05) is 11.6 Å². The van der Waals surface area contributed by atoms with Crippen LogP contribution in [0.15, 0.2) is 34.5 Å². The van der Waals surface area contributed by atoms with Crippen molar-refractivity contribution in [3.63, 3.8) is 0 Å². The van der Waals surface area contributed by atoms with Crippen molar-refractivity contribution in [1.82, 2.24) is 0 Å². The van der Waals surface area contributed by atoms with E-state index in [2.05, 4.69) is 10.2 Å². The van der Waals surface area contributed by atoms with E-state index in [1.165, 1.54) is 24.3 Å². The number of carboxylic acid groups (broad SMARTS) is 2. The summed E-state index contributed by atoms with van der Waals surface area (Å²) < 4.78 is 0. The van der Waals surface area contributed by atoms with E-state index >= 15 is 0 Å². The van der Waals surface area contributed by atoms with Crippen LogP contribution in [-0.2, 0) is 9.59 Å². The largest absolute Gasteiger partial charge is 0.479 e. The number of azo groups is 1. The van der Waals surface area contributed by atoms with Gasteiger partial charge in [0.1, 0.15) is 0 Å². The van der Waals surface area contributed by atoms with Crippen molar-refractivity contribution >= 4 is 29.2 Å². The van der Waals surface area contributed by atoms with Crippen molar-refractivity contribution in [2.45, 2.75) is 6.04 Å². The molecule has 1 aromatic rings. The van der Waals surface area contributed by atoms with Crippen LogP contribution in [0.2, 0.25) is 5.02 Å². The van der Waals surface area contributed by atoms with Crippen molar-refractivity contribution in [2.24, 2.45) is 10.2 Å². The van der Waals surface area contributed by atoms with Crippen LogP contribution in [0.5, 0.6) is 0 Å². The van der Waals surface area contributed by atoms with Gasteiger partial charge >= 0.3 is 11.9 Å². The number of halogens is 1. The molecule has 0 unspecified atom stereocenters. The van der Waals surface area contributed by atoms with Crippen LogP contribution in [0.3, 0.4) is 0 Å². The molecule has 0 aliphatic heterocycles. The van der Waals surface area contributed by atoms with Crippen molar-refractivity contribution < 1.29 is 19.8 Å². The molecule has 0 aromatic heterocycles. The zero-order chi connectivity index (χ0) is 12.1. The third-order valence-electron chi connectivity index (χ3n) is 1.58. The highest BCUT2D eigenvalue weighted by Crippen LogP contribution is 2.16. The minimum Gasteiger partial charge on any atom is -0.479 e. The van der Waals surface area contributed by atoms with Crippen LogP contribution >= 0.6 is 11.6 Å². The molecule has 0 spiro atoms. The molecule has 16 heavy (non-hydrogen) atoms. The predicted molar refractivity (Wildman–Crippen MR) is 55.0 cm³/mol. The lowest BCUT2D eigenvalue weighted by atomic mass is 10.3. The molecule has 6 nitrogen and oxygen atoms in total. The van der Waals surface area contributed by atoms with Crippen LogP contribution in [0, 0.1) is 0 Å². The molecule has 0 atom stereocenters. The number of hydrogen-bond donors (Lipinski definition) is 2. The molecule has 0 saturated carbocycles. The Morgan fingerprint density at radius 1 is 1.12 bits per heavy atom. The molecule has 84 valence electrons. The SMILES string of the molecule is O=C(O)C(N=Nc1ccc(Cl)cc1)C(=O)O. The molecule has 0 heterocycles. The second-order valence-corrected chi connectivity index (χ2v) is 3.21. The molecule has 0 fully saturated rings. The number of carbonyl (C=O) groups is 2. The van der Waals surface area contributed by atoms with Gasteiger partial charge in [-0.05, 0) is 24.3 Å². The monoisotopic (exact) mass is 242 g/mol. The average molecular weight is 243 g/mol. The molecular weight excluding hydrogens is 236 g/mol.